The van der Waals surface area contributed by atoms with Crippen molar-refractivity contribution in [2.75, 3.05) is 52.5 Å². The van der Waals surface area contributed by atoms with Crippen molar-refractivity contribution in [3.8, 4) is 0 Å². The monoisotopic (exact) mass is 287 g/mol. The van der Waals surface area contributed by atoms with Crippen LogP contribution >= 0.6 is 0 Å². The average molecular weight is 287 g/mol. The second-order valence-corrected chi connectivity index (χ2v) is 6.06. The maximum atomic E-state index is 11.9. The summed E-state index contributed by atoms with van der Waals surface area (Å²) in [5.41, 5.74) is 4.98. The molecule has 1 amide bonds. The van der Waals surface area contributed by atoms with Crippen molar-refractivity contribution in [3.05, 3.63) is 0 Å². The summed E-state index contributed by atoms with van der Waals surface area (Å²) in [6.07, 6.45) is 0.697. The van der Waals surface area contributed by atoms with Crippen LogP contribution in [0.5, 0.6) is 0 Å². The Balaban J connectivity index is 2.15. The molecule has 118 valence electrons. The van der Waals surface area contributed by atoms with Crippen LogP contribution in [0.3, 0.4) is 0 Å². The fraction of sp³-hybridized carbons (Fsp3) is 0.929. The normalized spacial score (nSPS) is 17.3. The molecule has 6 nitrogen and oxygen atoms in total. The van der Waals surface area contributed by atoms with Crippen molar-refractivity contribution < 1.29 is 14.3 Å². The summed E-state index contributed by atoms with van der Waals surface area (Å²) in [7, 11) is 0. The Hall–Kier alpha value is -0.850. The standard InChI is InChI=1S/C14H29N3O3/c1-14(2,3)20-13(18)17-8-6-16(7-9-17)10-12-19-11-4-5-15/h4-12,15H2,1-3H3. The topological polar surface area (TPSA) is 68.0 Å². The molecule has 1 aliphatic rings. The first-order valence-electron chi connectivity index (χ1n) is 7.40. The summed E-state index contributed by atoms with van der Waals surface area (Å²) < 4.78 is 10.9. The van der Waals surface area contributed by atoms with E-state index in [1.54, 1.807) is 4.90 Å². The minimum atomic E-state index is -0.426. The Morgan fingerprint density at radius 1 is 1.15 bits per heavy atom. The molecule has 0 atom stereocenters. The van der Waals surface area contributed by atoms with Crippen LogP contribution in [0.4, 0.5) is 4.79 Å². The van der Waals surface area contributed by atoms with Gasteiger partial charge >= 0.3 is 6.09 Å². The number of nitrogens with zero attached hydrogens (tertiary/aromatic N) is 2. The van der Waals surface area contributed by atoms with Crippen molar-refractivity contribution in [1.82, 2.24) is 9.80 Å². The Bertz CT molecular complexity index is 284. The highest BCUT2D eigenvalue weighted by molar-refractivity contribution is 5.68. The Morgan fingerprint density at radius 2 is 1.80 bits per heavy atom. The average Bonchev–Trinajstić information content (AvgIpc) is 2.37. The van der Waals surface area contributed by atoms with Gasteiger partial charge in [-0.3, -0.25) is 4.90 Å². The van der Waals surface area contributed by atoms with Crippen LogP contribution in [0.25, 0.3) is 0 Å². The lowest BCUT2D eigenvalue weighted by Gasteiger charge is -2.35. The third-order valence-corrected chi connectivity index (χ3v) is 3.07. The van der Waals surface area contributed by atoms with Gasteiger partial charge in [-0.15, -0.1) is 0 Å². The van der Waals surface area contributed by atoms with Crippen molar-refractivity contribution in [3.63, 3.8) is 0 Å². The molecule has 6 heteroatoms. The number of hydrogen-bond donors (Lipinski definition) is 1. The SMILES string of the molecule is CC(C)(C)OC(=O)N1CCN(CCOCCCN)CC1. The highest BCUT2D eigenvalue weighted by Crippen LogP contribution is 2.11. The lowest BCUT2D eigenvalue weighted by molar-refractivity contribution is 0.0116. The molecule has 1 aliphatic heterocycles. The fourth-order valence-electron chi connectivity index (χ4n) is 1.96. The molecule has 20 heavy (non-hydrogen) atoms. The van der Waals surface area contributed by atoms with E-state index in [9.17, 15) is 4.79 Å². The lowest BCUT2D eigenvalue weighted by Crippen LogP contribution is -2.50. The minimum absolute atomic E-state index is 0.212. The number of carbonyl (C=O) groups is 1. The summed E-state index contributed by atoms with van der Waals surface area (Å²) in [6, 6.07) is 0. The molecule has 0 saturated carbocycles. The van der Waals surface area contributed by atoms with E-state index in [-0.39, 0.29) is 6.09 Å². The molecule has 1 heterocycles. The van der Waals surface area contributed by atoms with E-state index in [4.69, 9.17) is 15.2 Å². The van der Waals surface area contributed by atoms with Crippen LogP contribution < -0.4 is 5.73 Å². The molecular formula is C14H29N3O3. The number of hydrogen-bond acceptors (Lipinski definition) is 5. The van der Waals surface area contributed by atoms with E-state index in [2.05, 4.69) is 4.90 Å². The zero-order valence-electron chi connectivity index (χ0n) is 13.1. The second-order valence-electron chi connectivity index (χ2n) is 6.06. The van der Waals surface area contributed by atoms with Crippen LogP contribution in [0.2, 0.25) is 0 Å². The molecule has 2 N–H and O–H groups in total. The summed E-state index contributed by atoms with van der Waals surface area (Å²) in [5.74, 6) is 0. The Labute approximate surface area is 122 Å². The van der Waals surface area contributed by atoms with Gasteiger partial charge in [0.25, 0.3) is 0 Å². The van der Waals surface area contributed by atoms with E-state index >= 15 is 0 Å². The maximum Gasteiger partial charge on any atom is 0.410 e. The molecule has 0 aliphatic carbocycles. The van der Waals surface area contributed by atoms with Gasteiger partial charge in [0.05, 0.1) is 6.61 Å². The third kappa shape index (κ3) is 7.07. The number of rotatable bonds is 6. The molecule has 0 spiro atoms. The van der Waals surface area contributed by atoms with Gasteiger partial charge in [0.2, 0.25) is 0 Å². The van der Waals surface area contributed by atoms with Crippen molar-refractivity contribution in [2.45, 2.75) is 32.8 Å². The van der Waals surface area contributed by atoms with Gasteiger partial charge in [-0.05, 0) is 33.7 Å². The Kier molecular flexibility index (Phi) is 7.26. The number of ether oxygens (including phenoxy) is 2. The largest absolute Gasteiger partial charge is 0.444 e. The van der Waals surface area contributed by atoms with Crippen molar-refractivity contribution >= 4 is 6.09 Å². The predicted octanol–water partition coefficient (Wildman–Crippen LogP) is 0.905. The van der Waals surface area contributed by atoms with Gasteiger partial charge < -0.3 is 20.1 Å². The number of piperazine rings is 1. The molecule has 0 bridgehead atoms. The van der Waals surface area contributed by atoms with Crippen LogP contribution in [0.15, 0.2) is 0 Å². The highest BCUT2D eigenvalue weighted by atomic mass is 16.6. The van der Waals surface area contributed by atoms with Gasteiger partial charge in [0.15, 0.2) is 0 Å². The summed E-state index contributed by atoms with van der Waals surface area (Å²) >= 11 is 0. The molecule has 0 radical (unpaired) electrons. The van der Waals surface area contributed by atoms with Gasteiger partial charge in [0.1, 0.15) is 5.60 Å². The summed E-state index contributed by atoms with van der Waals surface area (Å²) in [6.45, 7) is 11.9. The predicted molar refractivity (Wildman–Crippen MR) is 78.7 cm³/mol. The quantitative estimate of drug-likeness (QED) is 0.735. The van der Waals surface area contributed by atoms with E-state index in [0.717, 1.165) is 52.4 Å². The van der Waals surface area contributed by atoms with Crippen LogP contribution in [0.1, 0.15) is 27.2 Å². The molecule has 1 saturated heterocycles. The highest BCUT2D eigenvalue weighted by Gasteiger charge is 2.25. The van der Waals surface area contributed by atoms with E-state index < -0.39 is 5.60 Å². The van der Waals surface area contributed by atoms with E-state index in [0.29, 0.717) is 6.54 Å². The Morgan fingerprint density at radius 3 is 2.35 bits per heavy atom. The number of carbonyl (C=O) groups excluding carboxylic acids is 1. The lowest BCUT2D eigenvalue weighted by atomic mass is 10.2. The van der Waals surface area contributed by atoms with Crippen molar-refractivity contribution in [1.29, 1.82) is 0 Å². The van der Waals surface area contributed by atoms with Crippen LogP contribution in [-0.4, -0.2) is 74.0 Å². The zero-order valence-corrected chi connectivity index (χ0v) is 13.1. The first-order chi connectivity index (χ1) is 9.42. The van der Waals surface area contributed by atoms with Crippen LogP contribution in [0, 0.1) is 0 Å². The van der Waals surface area contributed by atoms with Crippen LogP contribution in [-0.2, 0) is 9.47 Å². The molecule has 0 aromatic rings. The summed E-state index contributed by atoms with van der Waals surface area (Å²) in [5, 5.41) is 0. The van der Waals surface area contributed by atoms with Gasteiger partial charge in [-0.2, -0.15) is 0 Å². The molecule has 1 fully saturated rings. The second kappa shape index (κ2) is 8.44. The van der Waals surface area contributed by atoms with Gasteiger partial charge in [-0.25, -0.2) is 4.79 Å². The third-order valence-electron chi connectivity index (χ3n) is 3.07. The maximum absolute atomic E-state index is 11.9. The smallest absolute Gasteiger partial charge is 0.410 e. The molecular weight excluding hydrogens is 258 g/mol. The number of amides is 1. The molecule has 1 rings (SSSR count). The van der Waals surface area contributed by atoms with E-state index in [1.807, 2.05) is 20.8 Å². The molecule has 0 unspecified atom stereocenters. The van der Waals surface area contributed by atoms with Crippen molar-refractivity contribution in [2.24, 2.45) is 5.73 Å². The molecule has 0 aromatic heterocycles. The van der Waals surface area contributed by atoms with E-state index in [1.165, 1.54) is 0 Å². The zero-order chi connectivity index (χ0) is 15.0. The number of nitrogens with two attached hydrogens (primary N) is 1. The first-order valence-corrected chi connectivity index (χ1v) is 7.40. The van der Waals surface area contributed by atoms with Gasteiger partial charge in [-0.1, -0.05) is 0 Å². The first kappa shape index (κ1) is 17.2. The summed E-state index contributed by atoms with van der Waals surface area (Å²) in [4.78, 5) is 16.0. The van der Waals surface area contributed by atoms with Gasteiger partial charge in [0, 0.05) is 39.3 Å². The fourth-order valence-corrected chi connectivity index (χ4v) is 1.96. The minimum Gasteiger partial charge on any atom is -0.444 e. The molecule has 0 aromatic carbocycles.